The quantitative estimate of drug-likeness (QED) is 0.472. The Morgan fingerprint density at radius 2 is 1.81 bits per heavy atom. The molecule has 1 saturated heterocycles. The third kappa shape index (κ3) is 5.32. The number of carbonyl (C=O) groups excluding carboxylic acids is 2. The van der Waals surface area contributed by atoms with Crippen molar-refractivity contribution in [2.24, 2.45) is 0 Å². The average Bonchev–Trinajstić information content (AvgIpc) is 3.51. The number of sulfone groups is 1. The number of fused-ring (bicyclic) bond motifs is 1. The summed E-state index contributed by atoms with van der Waals surface area (Å²) in [7, 11) is -4.14. The summed E-state index contributed by atoms with van der Waals surface area (Å²) in [5.41, 5.74) is 0.855. The van der Waals surface area contributed by atoms with Crippen LogP contribution < -0.4 is 5.32 Å². The van der Waals surface area contributed by atoms with Crippen LogP contribution in [0.25, 0.3) is 11.1 Å². The van der Waals surface area contributed by atoms with Gasteiger partial charge in [-0.1, -0.05) is 37.3 Å². The summed E-state index contributed by atoms with van der Waals surface area (Å²) in [5, 5.41) is 11.8. The molecule has 2 N–H and O–H groups in total. The Hall–Kier alpha value is -3.45. The minimum Gasteiger partial charge on any atom is -0.438 e. The zero-order valence-electron chi connectivity index (χ0n) is 19.6. The molecule has 1 aromatic heterocycles. The zero-order valence-corrected chi connectivity index (χ0v) is 20.4. The van der Waals surface area contributed by atoms with Gasteiger partial charge in [-0.25, -0.2) is 13.4 Å². The van der Waals surface area contributed by atoms with Crippen LogP contribution in [0.4, 0.5) is 13.2 Å². The van der Waals surface area contributed by atoms with Crippen LogP contribution in [-0.4, -0.2) is 65.3 Å². The predicted molar refractivity (Wildman–Crippen MR) is 125 cm³/mol. The molecule has 0 saturated carbocycles. The van der Waals surface area contributed by atoms with Gasteiger partial charge in [-0.2, -0.15) is 13.2 Å². The Balaban J connectivity index is 1.58. The first-order valence-corrected chi connectivity index (χ1v) is 13.0. The molecule has 198 valence electrons. The van der Waals surface area contributed by atoms with Crippen molar-refractivity contribution in [2.75, 3.05) is 6.54 Å². The van der Waals surface area contributed by atoms with Crippen LogP contribution in [-0.2, 0) is 19.4 Å². The molecule has 0 bridgehead atoms. The number of aliphatic hydroxyl groups is 1. The molecule has 4 atom stereocenters. The third-order valence-electron chi connectivity index (χ3n) is 6.29. The molecule has 1 aliphatic rings. The molecule has 2 heterocycles. The molecule has 2 unspecified atom stereocenters. The molecule has 4 rings (SSSR count). The largest absolute Gasteiger partial charge is 0.471 e. The van der Waals surface area contributed by atoms with E-state index in [9.17, 15) is 36.3 Å². The van der Waals surface area contributed by atoms with Crippen molar-refractivity contribution < 1.29 is 40.7 Å². The number of rotatable bonds is 7. The number of benzene rings is 2. The molecular formula is C24H24F3N3O6S. The molecule has 37 heavy (non-hydrogen) atoms. The highest BCUT2D eigenvalue weighted by molar-refractivity contribution is 7.92. The lowest BCUT2D eigenvalue weighted by Gasteiger charge is -2.27. The first-order valence-electron chi connectivity index (χ1n) is 11.4. The maximum Gasteiger partial charge on any atom is 0.471 e. The molecule has 2 aromatic carbocycles. The lowest BCUT2D eigenvalue weighted by molar-refractivity contribution is -0.186. The van der Waals surface area contributed by atoms with E-state index in [1.54, 1.807) is 37.3 Å². The van der Waals surface area contributed by atoms with Gasteiger partial charge in [0, 0.05) is 6.54 Å². The van der Waals surface area contributed by atoms with Crippen molar-refractivity contribution >= 4 is 32.8 Å². The van der Waals surface area contributed by atoms with Crippen molar-refractivity contribution in [1.29, 1.82) is 0 Å². The number of halogens is 3. The van der Waals surface area contributed by atoms with Gasteiger partial charge in [-0.05, 0) is 37.1 Å². The van der Waals surface area contributed by atoms with Gasteiger partial charge >= 0.3 is 12.1 Å². The second-order valence-corrected chi connectivity index (χ2v) is 10.9. The van der Waals surface area contributed by atoms with Crippen LogP contribution in [0.2, 0.25) is 0 Å². The summed E-state index contributed by atoms with van der Waals surface area (Å²) < 4.78 is 71.7. The number of hydrogen-bond acceptors (Lipinski definition) is 7. The number of aliphatic hydroxyl groups excluding tert-OH is 1. The first kappa shape index (κ1) is 26.6. The van der Waals surface area contributed by atoms with Gasteiger partial charge in [0.15, 0.2) is 21.5 Å². The van der Waals surface area contributed by atoms with Crippen molar-refractivity contribution in [1.82, 2.24) is 15.2 Å². The standard InChI is InChI=1S/C24H24F3N3O6S/c1-2-16(20(31)22-29-17-10-6-7-11-19(17)36-22)28-21(32)18-12-15(13-30(18)23(33)24(25,26)27)37(34,35)14-8-4-3-5-9-14/h3-11,15-16,18,20,31H,2,12-13H2,1H3,(H,28,32)/t15-,16?,18+,20?/m1/s1. The van der Waals surface area contributed by atoms with Crippen LogP contribution in [0.3, 0.4) is 0 Å². The molecule has 0 aliphatic carbocycles. The van der Waals surface area contributed by atoms with Crippen LogP contribution in [0.5, 0.6) is 0 Å². The minimum atomic E-state index is -5.31. The highest BCUT2D eigenvalue weighted by Crippen LogP contribution is 2.32. The predicted octanol–water partition coefficient (Wildman–Crippen LogP) is 2.76. The van der Waals surface area contributed by atoms with Gasteiger partial charge in [-0.3, -0.25) is 9.59 Å². The molecule has 1 fully saturated rings. The van der Waals surface area contributed by atoms with Gasteiger partial charge in [-0.15, -0.1) is 0 Å². The van der Waals surface area contributed by atoms with Gasteiger partial charge in [0.05, 0.1) is 16.2 Å². The number of likely N-dealkylation sites (tertiary alicyclic amines) is 1. The fraction of sp³-hybridized carbons (Fsp3) is 0.375. The molecule has 13 heteroatoms. The summed E-state index contributed by atoms with van der Waals surface area (Å²) in [6.45, 7) is 0.810. The highest BCUT2D eigenvalue weighted by Gasteiger charge is 2.52. The summed E-state index contributed by atoms with van der Waals surface area (Å²) in [4.78, 5) is 29.6. The molecule has 1 aliphatic heterocycles. The molecule has 3 aromatic rings. The minimum absolute atomic E-state index is 0.104. The Bertz CT molecular complexity index is 1360. The summed E-state index contributed by atoms with van der Waals surface area (Å²) in [6.07, 6.45) is -7.16. The van der Waals surface area contributed by atoms with Gasteiger partial charge in [0.2, 0.25) is 11.8 Å². The number of nitrogens with one attached hydrogen (secondary N) is 1. The number of oxazole rings is 1. The Morgan fingerprint density at radius 1 is 1.16 bits per heavy atom. The van der Waals surface area contributed by atoms with Crippen LogP contribution in [0, 0.1) is 0 Å². The van der Waals surface area contributed by atoms with Gasteiger partial charge in [0.1, 0.15) is 11.6 Å². The maximum atomic E-state index is 13.3. The monoisotopic (exact) mass is 539 g/mol. The van der Waals surface area contributed by atoms with Crippen molar-refractivity contribution in [2.45, 2.75) is 54.3 Å². The second kappa shape index (κ2) is 10.1. The Morgan fingerprint density at radius 3 is 2.43 bits per heavy atom. The first-order chi connectivity index (χ1) is 17.4. The van der Waals surface area contributed by atoms with Crippen molar-refractivity contribution in [3.8, 4) is 0 Å². The fourth-order valence-corrected chi connectivity index (χ4v) is 6.05. The summed E-state index contributed by atoms with van der Waals surface area (Å²) in [5.74, 6) is -3.44. The zero-order chi connectivity index (χ0) is 27.0. The smallest absolute Gasteiger partial charge is 0.438 e. The van der Waals surface area contributed by atoms with Crippen LogP contribution in [0.1, 0.15) is 31.8 Å². The average molecular weight is 540 g/mol. The van der Waals surface area contributed by atoms with E-state index in [1.807, 2.05) is 0 Å². The second-order valence-electron chi connectivity index (χ2n) is 8.67. The maximum absolute atomic E-state index is 13.3. The van der Waals surface area contributed by atoms with E-state index in [-0.39, 0.29) is 22.1 Å². The van der Waals surface area contributed by atoms with E-state index in [0.717, 1.165) is 0 Å². The van der Waals surface area contributed by atoms with E-state index in [1.165, 1.54) is 24.3 Å². The molecule has 9 nitrogen and oxygen atoms in total. The van der Waals surface area contributed by atoms with E-state index >= 15 is 0 Å². The lowest BCUT2D eigenvalue weighted by atomic mass is 10.1. The normalized spacial score (nSPS) is 20.1. The number of carbonyl (C=O) groups is 2. The SMILES string of the molecule is CCC(NC(=O)[C@@H]1C[C@@H](S(=O)(=O)c2ccccc2)CN1C(=O)C(F)(F)F)C(O)c1nc2ccccc2o1. The van der Waals surface area contributed by atoms with Crippen molar-refractivity contribution in [3.05, 3.63) is 60.5 Å². The molecule has 2 amide bonds. The summed E-state index contributed by atoms with van der Waals surface area (Å²) in [6, 6.07) is 11.0. The van der Waals surface area contributed by atoms with Gasteiger partial charge < -0.3 is 19.7 Å². The Labute approximate surface area is 210 Å². The van der Waals surface area contributed by atoms with Crippen molar-refractivity contribution in [3.63, 3.8) is 0 Å². The summed E-state index contributed by atoms with van der Waals surface area (Å²) >= 11 is 0. The Kier molecular flexibility index (Phi) is 7.29. The number of hydrogen-bond donors (Lipinski definition) is 2. The number of alkyl halides is 3. The van der Waals surface area contributed by atoms with E-state index in [2.05, 4.69) is 10.3 Å². The number of para-hydroxylation sites is 2. The number of aromatic nitrogens is 1. The molecule has 0 spiro atoms. The van der Waals surface area contributed by atoms with Crippen LogP contribution >= 0.6 is 0 Å². The topological polar surface area (TPSA) is 130 Å². The van der Waals surface area contributed by atoms with E-state index in [0.29, 0.717) is 11.1 Å². The fourth-order valence-electron chi connectivity index (χ4n) is 4.33. The van der Waals surface area contributed by atoms with E-state index in [4.69, 9.17) is 4.42 Å². The van der Waals surface area contributed by atoms with Crippen LogP contribution in [0.15, 0.2) is 63.9 Å². The third-order valence-corrected chi connectivity index (χ3v) is 8.44. The molecule has 0 radical (unpaired) electrons. The number of amides is 2. The lowest BCUT2D eigenvalue weighted by Crippen LogP contribution is -2.52. The van der Waals surface area contributed by atoms with E-state index < -0.39 is 64.2 Å². The van der Waals surface area contributed by atoms with Gasteiger partial charge in [0.25, 0.3) is 0 Å². The highest BCUT2D eigenvalue weighted by atomic mass is 32.2. The number of nitrogens with zero attached hydrogens (tertiary/aromatic N) is 2. The molecular weight excluding hydrogens is 515 g/mol.